The van der Waals surface area contributed by atoms with Gasteiger partial charge in [-0.2, -0.15) is 0 Å². The Morgan fingerprint density at radius 3 is 2.50 bits per heavy atom. The van der Waals surface area contributed by atoms with Gasteiger partial charge in [-0.05, 0) is 23.5 Å². The molecule has 64 valence electrons. The van der Waals surface area contributed by atoms with E-state index < -0.39 is 7.12 Å². The van der Waals surface area contributed by atoms with E-state index in [0.717, 1.165) is 12.0 Å². The Morgan fingerprint density at radius 1 is 1.42 bits per heavy atom. The average Bonchev–Trinajstić information content (AvgIpc) is 2.04. The van der Waals surface area contributed by atoms with E-state index in [9.17, 15) is 0 Å². The molecule has 0 aliphatic rings. The second-order valence-electron chi connectivity index (χ2n) is 2.69. The number of benzene rings is 1. The Morgan fingerprint density at radius 2 is 2.08 bits per heavy atom. The van der Waals surface area contributed by atoms with E-state index in [-0.39, 0.29) is 0 Å². The summed E-state index contributed by atoms with van der Waals surface area (Å²) in [5, 5.41) is 17.6. The fourth-order valence-corrected chi connectivity index (χ4v) is 1.10. The lowest BCUT2D eigenvalue weighted by Gasteiger charge is -2.05. The lowest BCUT2D eigenvalue weighted by Crippen LogP contribution is -2.30. The zero-order valence-corrected chi connectivity index (χ0v) is 6.99. The van der Waals surface area contributed by atoms with E-state index in [1.807, 2.05) is 13.0 Å². The van der Waals surface area contributed by atoms with Crippen molar-refractivity contribution >= 4 is 18.3 Å². The summed E-state index contributed by atoms with van der Waals surface area (Å²) in [5.41, 5.74) is 7.72. The molecule has 0 aromatic heterocycles. The van der Waals surface area contributed by atoms with Crippen molar-refractivity contribution in [1.29, 1.82) is 0 Å². The van der Waals surface area contributed by atoms with Gasteiger partial charge in [-0.3, -0.25) is 0 Å². The van der Waals surface area contributed by atoms with E-state index in [0.29, 0.717) is 11.2 Å². The summed E-state index contributed by atoms with van der Waals surface area (Å²) in [5.74, 6) is 0. The molecule has 0 amide bonds. The summed E-state index contributed by atoms with van der Waals surface area (Å²) >= 11 is 0. The van der Waals surface area contributed by atoms with E-state index in [1.54, 1.807) is 12.1 Å². The summed E-state index contributed by atoms with van der Waals surface area (Å²) < 4.78 is 0. The molecule has 0 heterocycles. The topological polar surface area (TPSA) is 66.5 Å². The standard InChI is InChI=1S/C8H12BNO2/c1-2-6-3-4-7(9(11)12)5-8(6)10/h3-5,11-12H,2,10H2,1H3. The Kier molecular flexibility index (Phi) is 2.73. The largest absolute Gasteiger partial charge is 0.488 e. The molecule has 3 nitrogen and oxygen atoms in total. The molecular formula is C8H12BNO2. The van der Waals surface area contributed by atoms with E-state index >= 15 is 0 Å². The van der Waals surface area contributed by atoms with E-state index in [1.165, 1.54) is 0 Å². The third-order valence-corrected chi connectivity index (χ3v) is 1.85. The van der Waals surface area contributed by atoms with Crippen molar-refractivity contribution < 1.29 is 10.0 Å². The van der Waals surface area contributed by atoms with Crippen LogP contribution in [-0.4, -0.2) is 17.2 Å². The predicted octanol–water partition coefficient (Wildman–Crippen LogP) is -0.489. The zero-order valence-electron chi connectivity index (χ0n) is 6.99. The van der Waals surface area contributed by atoms with Crippen molar-refractivity contribution in [1.82, 2.24) is 0 Å². The van der Waals surface area contributed by atoms with Gasteiger partial charge in [0.05, 0.1) is 0 Å². The van der Waals surface area contributed by atoms with Gasteiger partial charge >= 0.3 is 7.12 Å². The number of rotatable bonds is 2. The third-order valence-electron chi connectivity index (χ3n) is 1.85. The van der Waals surface area contributed by atoms with Crippen molar-refractivity contribution in [3.8, 4) is 0 Å². The Balaban J connectivity index is 3.02. The van der Waals surface area contributed by atoms with Crippen LogP contribution in [0.5, 0.6) is 0 Å². The Labute approximate surface area is 72.0 Å². The molecule has 0 radical (unpaired) electrons. The molecule has 4 heteroatoms. The molecule has 12 heavy (non-hydrogen) atoms. The van der Waals surface area contributed by atoms with Crippen LogP contribution in [-0.2, 0) is 6.42 Å². The molecule has 0 spiro atoms. The summed E-state index contributed by atoms with van der Waals surface area (Å²) in [6.45, 7) is 2.00. The molecule has 0 atom stereocenters. The summed E-state index contributed by atoms with van der Waals surface area (Å²) in [7, 11) is -1.43. The first-order valence-electron chi connectivity index (χ1n) is 3.89. The molecule has 0 unspecified atom stereocenters. The summed E-state index contributed by atoms with van der Waals surface area (Å²) in [6.07, 6.45) is 0.855. The fourth-order valence-electron chi connectivity index (χ4n) is 1.10. The predicted molar refractivity (Wildman–Crippen MR) is 50.1 cm³/mol. The van der Waals surface area contributed by atoms with Gasteiger partial charge in [0.25, 0.3) is 0 Å². The van der Waals surface area contributed by atoms with Crippen LogP contribution in [0, 0.1) is 0 Å². The fraction of sp³-hybridized carbons (Fsp3) is 0.250. The maximum absolute atomic E-state index is 8.81. The molecule has 0 saturated heterocycles. The van der Waals surface area contributed by atoms with Gasteiger partial charge in [0.15, 0.2) is 0 Å². The zero-order chi connectivity index (χ0) is 9.14. The second kappa shape index (κ2) is 3.60. The van der Waals surface area contributed by atoms with E-state index in [2.05, 4.69) is 0 Å². The van der Waals surface area contributed by atoms with Gasteiger partial charge in [-0.1, -0.05) is 19.1 Å². The monoisotopic (exact) mass is 165 g/mol. The van der Waals surface area contributed by atoms with Crippen LogP contribution in [0.2, 0.25) is 0 Å². The minimum absolute atomic E-state index is 0.435. The van der Waals surface area contributed by atoms with Crippen molar-refractivity contribution in [3.05, 3.63) is 23.8 Å². The number of aryl methyl sites for hydroxylation is 1. The van der Waals surface area contributed by atoms with Crippen molar-refractivity contribution in [3.63, 3.8) is 0 Å². The molecule has 1 rings (SSSR count). The van der Waals surface area contributed by atoms with Crippen LogP contribution >= 0.6 is 0 Å². The Bertz CT molecular complexity index is 276. The van der Waals surface area contributed by atoms with Crippen LogP contribution in [0.25, 0.3) is 0 Å². The first-order chi connectivity index (χ1) is 5.65. The van der Waals surface area contributed by atoms with Crippen LogP contribution in [0.4, 0.5) is 5.69 Å². The highest BCUT2D eigenvalue weighted by Gasteiger charge is 2.11. The molecule has 1 aromatic carbocycles. The average molecular weight is 165 g/mol. The SMILES string of the molecule is CCc1ccc(B(O)O)cc1N. The quantitative estimate of drug-likeness (QED) is 0.409. The first kappa shape index (κ1) is 9.10. The molecule has 0 fully saturated rings. The van der Waals surface area contributed by atoms with Crippen molar-refractivity contribution in [2.24, 2.45) is 0 Å². The lowest BCUT2D eigenvalue weighted by molar-refractivity contribution is 0.426. The highest BCUT2D eigenvalue weighted by atomic mass is 16.4. The lowest BCUT2D eigenvalue weighted by atomic mass is 9.79. The highest BCUT2D eigenvalue weighted by Crippen LogP contribution is 2.09. The molecular weight excluding hydrogens is 153 g/mol. The highest BCUT2D eigenvalue weighted by molar-refractivity contribution is 6.58. The number of hydrogen-bond donors (Lipinski definition) is 3. The molecule has 0 aliphatic heterocycles. The number of nitrogens with two attached hydrogens (primary N) is 1. The minimum Gasteiger partial charge on any atom is -0.423 e. The van der Waals surface area contributed by atoms with Gasteiger partial charge in [0.1, 0.15) is 0 Å². The summed E-state index contributed by atoms with van der Waals surface area (Å²) in [4.78, 5) is 0. The molecule has 0 aliphatic carbocycles. The van der Waals surface area contributed by atoms with Gasteiger partial charge < -0.3 is 15.8 Å². The third kappa shape index (κ3) is 1.78. The second-order valence-corrected chi connectivity index (χ2v) is 2.69. The van der Waals surface area contributed by atoms with Gasteiger partial charge in [0.2, 0.25) is 0 Å². The van der Waals surface area contributed by atoms with E-state index in [4.69, 9.17) is 15.8 Å². The molecule has 4 N–H and O–H groups in total. The van der Waals surface area contributed by atoms with Crippen LogP contribution in [0.1, 0.15) is 12.5 Å². The molecule has 0 bridgehead atoms. The number of nitrogen functional groups attached to an aromatic ring is 1. The Hall–Kier alpha value is -0.995. The van der Waals surface area contributed by atoms with Gasteiger partial charge in [-0.25, -0.2) is 0 Å². The van der Waals surface area contributed by atoms with Crippen molar-refractivity contribution in [2.45, 2.75) is 13.3 Å². The number of hydrogen-bond acceptors (Lipinski definition) is 3. The maximum Gasteiger partial charge on any atom is 0.488 e. The summed E-state index contributed by atoms with van der Waals surface area (Å²) in [6, 6.07) is 5.06. The molecule has 0 saturated carbocycles. The van der Waals surface area contributed by atoms with Crippen LogP contribution in [0.3, 0.4) is 0 Å². The van der Waals surface area contributed by atoms with Crippen LogP contribution in [0.15, 0.2) is 18.2 Å². The number of anilines is 1. The van der Waals surface area contributed by atoms with Crippen LogP contribution < -0.4 is 11.2 Å². The molecule has 1 aromatic rings. The van der Waals surface area contributed by atoms with Crippen molar-refractivity contribution in [2.75, 3.05) is 5.73 Å². The smallest absolute Gasteiger partial charge is 0.423 e. The first-order valence-corrected chi connectivity index (χ1v) is 3.89. The maximum atomic E-state index is 8.81. The normalized spacial score (nSPS) is 9.92. The van der Waals surface area contributed by atoms with Gasteiger partial charge in [-0.15, -0.1) is 0 Å². The van der Waals surface area contributed by atoms with Gasteiger partial charge in [0, 0.05) is 5.69 Å². The minimum atomic E-state index is -1.43.